The summed E-state index contributed by atoms with van der Waals surface area (Å²) in [6.07, 6.45) is -0.250. The SMILES string of the molecule is Cc1cc2ncsc2cc1-c1ccc(C(=O)Cc2c(F)cccc2F)[se]1. The molecular weight excluding hydrogens is 419 g/mol. The summed E-state index contributed by atoms with van der Waals surface area (Å²) in [5, 5.41) is 0. The number of hydrogen-bond donors (Lipinski definition) is 0. The van der Waals surface area contributed by atoms with E-state index in [-0.39, 0.29) is 32.3 Å². The molecule has 0 aliphatic rings. The van der Waals surface area contributed by atoms with Crippen molar-refractivity contribution in [1.29, 1.82) is 0 Å². The molecule has 4 rings (SSSR count). The molecule has 2 aromatic heterocycles. The molecule has 0 amide bonds. The molecule has 26 heavy (non-hydrogen) atoms. The summed E-state index contributed by atoms with van der Waals surface area (Å²) in [7, 11) is 0. The first kappa shape index (κ1) is 17.3. The minimum atomic E-state index is -0.677. The van der Waals surface area contributed by atoms with Gasteiger partial charge in [0, 0.05) is 0 Å². The zero-order valence-electron chi connectivity index (χ0n) is 13.8. The Morgan fingerprint density at radius 1 is 1.15 bits per heavy atom. The summed E-state index contributed by atoms with van der Waals surface area (Å²) in [6.45, 7) is 2.03. The Bertz CT molecular complexity index is 1110. The first-order valence-corrected chi connectivity index (χ1v) is 10.5. The number of thiazole rings is 1. The molecule has 2 heterocycles. The number of aromatic nitrogens is 1. The van der Waals surface area contributed by atoms with E-state index in [1.54, 1.807) is 17.4 Å². The summed E-state index contributed by atoms with van der Waals surface area (Å²) in [4.78, 5) is 16.8. The van der Waals surface area contributed by atoms with Crippen LogP contribution in [0.4, 0.5) is 8.78 Å². The molecule has 0 bridgehead atoms. The Morgan fingerprint density at radius 3 is 2.69 bits per heavy atom. The van der Waals surface area contributed by atoms with Gasteiger partial charge in [-0.05, 0) is 0 Å². The van der Waals surface area contributed by atoms with Crippen LogP contribution >= 0.6 is 11.3 Å². The van der Waals surface area contributed by atoms with Crippen LogP contribution in [0.25, 0.3) is 20.2 Å². The second-order valence-corrected chi connectivity index (χ2v) is 9.11. The number of carbonyl (C=O) groups is 1. The monoisotopic (exact) mass is 433 g/mol. The van der Waals surface area contributed by atoms with Crippen LogP contribution in [-0.4, -0.2) is 25.3 Å². The third-order valence-corrected chi connectivity index (χ3v) is 7.45. The molecule has 0 aliphatic carbocycles. The average molecular weight is 432 g/mol. The first-order valence-electron chi connectivity index (χ1n) is 7.93. The summed E-state index contributed by atoms with van der Waals surface area (Å²) in [5.74, 6) is -1.58. The molecular formula is C20H13F2NOSSe. The number of halogens is 2. The van der Waals surface area contributed by atoms with Crippen molar-refractivity contribution in [2.45, 2.75) is 13.3 Å². The van der Waals surface area contributed by atoms with Gasteiger partial charge in [0.05, 0.1) is 0 Å². The fraction of sp³-hybridized carbons (Fsp3) is 0.100. The normalized spacial score (nSPS) is 11.2. The Balaban J connectivity index is 1.65. The van der Waals surface area contributed by atoms with Crippen molar-refractivity contribution >= 4 is 41.8 Å². The van der Waals surface area contributed by atoms with Crippen molar-refractivity contribution in [2.24, 2.45) is 0 Å². The van der Waals surface area contributed by atoms with E-state index in [0.29, 0.717) is 4.44 Å². The molecule has 0 saturated heterocycles. The predicted octanol–water partition coefficient (Wildman–Crippen LogP) is 5.03. The molecule has 6 heteroatoms. The Morgan fingerprint density at radius 2 is 1.92 bits per heavy atom. The molecule has 0 radical (unpaired) electrons. The van der Waals surface area contributed by atoms with Crippen LogP contribution in [0.15, 0.2) is 48.0 Å². The van der Waals surface area contributed by atoms with Crippen molar-refractivity contribution in [1.82, 2.24) is 4.98 Å². The molecule has 2 nitrogen and oxygen atoms in total. The molecule has 2 aromatic carbocycles. The van der Waals surface area contributed by atoms with Gasteiger partial charge in [-0.15, -0.1) is 0 Å². The van der Waals surface area contributed by atoms with Crippen LogP contribution in [0.1, 0.15) is 20.4 Å². The van der Waals surface area contributed by atoms with Gasteiger partial charge in [0.25, 0.3) is 0 Å². The predicted molar refractivity (Wildman–Crippen MR) is 101 cm³/mol. The van der Waals surface area contributed by atoms with Gasteiger partial charge >= 0.3 is 159 Å². The van der Waals surface area contributed by atoms with E-state index in [9.17, 15) is 13.6 Å². The van der Waals surface area contributed by atoms with Crippen molar-refractivity contribution in [2.75, 3.05) is 0 Å². The fourth-order valence-corrected chi connectivity index (χ4v) is 5.70. The van der Waals surface area contributed by atoms with Crippen LogP contribution in [0, 0.1) is 18.6 Å². The van der Waals surface area contributed by atoms with Crippen molar-refractivity contribution in [3.63, 3.8) is 0 Å². The zero-order valence-corrected chi connectivity index (χ0v) is 16.3. The van der Waals surface area contributed by atoms with E-state index < -0.39 is 11.6 Å². The van der Waals surface area contributed by atoms with Crippen molar-refractivity contribution < 1.29 is 13.6 Å². The third kappa shape index (κ3) is 3.16. The van der Waals surface area contributed by atoms with Gasteiger partial charge in [0.15, 0.2) is 0 Å². The van der Waals surface area contributed by atoms with Gasteiger partial charge in [-0.25, -0.2) is 0 Å². The summed E-state index contributed by atoms with van der Waals surface area (Å²) < 4.78 is 30.4. The van der Waals surface area contributed by atoms with E-state index in [0.717, 1.165) is 25.8 Å². The van der Waals surface area contributed by atoms with E-state index in [1.165, 1.54) is 18.2 Å². The minimum absolute atomic E-state index is 0.162. The van der Waals surface area contributed by atoms with E-state index in [2.05, 4.69) is 11.1 Å². The van der Waals surface area contributed by atoms with Gasteiger partial charge in [0.1, 0.15) is 0 Å². The topological polar surface area (TPSA) is 30.0 Å². The second-order valence-electron chi connectivity index (χ2n) is 5.95. The number of aryl methyl sites for hydroxylation is 1. The van der Waals surface area contributed by atoms with Crippen LogP contribution in [-0.2, 0) is 6.42 Å². The second kappa shape index (κ2) is 6.88. The Labute approximate surface area is 158 Å². The van der Waals surface area contributed by atoms with Gasteiger partial charge in [-0.1, -0.05) is 0 Å². The van der Waals surface area contributed by atoms with Gasteiger partial charge in [-0.2, -0.15) is 0 Å². The number of nitrogens with zero attached hydrogens (tertiary/aromatic N) is 1. The number of hydrogen-bond acceptors (Lipinski definition) is 3. The zero-order chi connectivity index (χ0) is 18.3. The Hall–Kier alpha value is -2.14. The number of fused-ring (bicyclic) bond motifs is 1. The quantitative estimate of drug-likeness (QED) is 0.334. The van der Waals surface area contributed by atoms with Gasteiger partial charge in [-0.3, -0.25) is 0 Å². The molecule has 0 saturated carbocycles. The standard InChI is InChI=1S/C20H13F2NOSSe/c1-11-7-16-18(25-10-23-16)9-12(11)19-5-6-20(26-19)17(24)8-13-14(21)3-2-4-15(13)22/h2-7,9-10H,8H2,1H3. The van der Waals surface area contributed by atoms with Crippen LogP contribution in [0.2, 0.25) is 0 Å². The van der Waals surface area contributed by atoms with Gasteiger partial charge < -0.3 is 0 Å². The van der Waals surface area contributed by atoms with E-state index >= 15 is 0 Å². The molecule has 4 aromatic rings. The van der Waals surface area contributed by atoms with Crippen LogP contribution in [0.5, 0.6) is 0 Å². The first-order chi connectivity index (χ1) is 12.5. The number of Topliss-reactive ketones (excluding diaryl/α,β-unsaturated/α-hetero) is 1. The molecule has 0 aliphatic heterocycles. The molecule has 0 fully saturated rings. The number of carbonyl (C=O) groups excluding carboxylic acids is 1. The maximum atomic E-state index is 13.8. The summed E-state index contributed by atoms with van der Waals surface area (Å²) in [5.41, 5.74) is 4.85. The third-order valence-electron chi connectivity index (χ3n) is 4.22. The van der Waals surface area contributed by atoms with Crippen molar-refractivity contribution in [3.8, 4) is 10.0 Å². The average Bonchev–Trinajstić information content (AvgIpc) is 3.26. The van der Waals surface area contributed by atoms with E-state index in [4.69, 9.17) is 0 Å². The van der Waals surface area contributed by atoms with Crippen molar-refractivity contribution in [3.05, 3.63) is 75.2 Å². The number of rotatable bonds is 4. The molecule has 0 spiro atoms. The van der Waals surface area contributed by atoms with Crippen LogP contribution in [0.3, 0.4) is 0 Å². The molecule has 130 valence electrons. The Kier molecular flexibility index (Phi) is 4.57. The number of ketones is 1. The summed E-state index contributed by atoms with van der Waals surface area (Å²) >= 11 is 1.40. The summed E-state index contributed by atoms with van der Waals surface area (Å²) in [6, 6.07) is 11.5. The maximum absolute atomic E-state index is 13.8. The van der Waals surface area contributed by atoms with Gasteiger partial charge in [0.2, 0.25) is 0 Å². The number of benzene rings is 2. The fourth-order valence-electron chi connectivity index (χ4n) is 2.85. The van der Waals surface area contributed by atoms with E-state index in [1.807, 2.05) is 24.6 Å². The molecule has 0 N–H and O–H groups in total. The molecule has 0 atom stereocenters. The molecule has 0 unspecified atom stereocenters. The van der Waals surface area contributed by atoms with Crippen LogP contribution < -0.4 is 0 Å².